The highest BCUT2D eigenvalue weighted by atomic mass is 16.6. The second kappa shape index (κ2) is 16.1. The van der Waals surface area contributed by atoms with Crippen molar-refractivity contribution < 1.29 is 53.4 Å². The zero-order chi connectivity index (χ0) is 45.4. The number of hydrogen-bond donors (Lipinski definition) is 4. The lowest BCUT2D eigenvalue weighted by Gasteiger charge is -2.63. The topological polar surface area (TPSA) is 191 Å². The maximum Gasteiger partial charge on any atom is 0.344 e. The van der Waals surface area contributed by atoms with E-state index in [2.05, 4.69) is 58.1 Å². The zero-order valence-electron chi connectivity index (χ0n) is 37.4. The summed E-state index contributed by atoms with van der Waals surface area (Å²) >= 11 is 0. The predicted molar refractivity (Wildman–Crippen MR) is 233 cm³/mol. The summed E-state index contributed by atoms with van der Waals surface area (Å²) in [4.78, 5) is 62.6. The molecule has 10 atom stereocenters. The van der Waals surface area contributed by atoms with Crippen molar-refractivity contribution in [3.8, 4) is 5.75 Å². The molecule has 6 heterocycles. The van der Waals surface area contributed by atoms with Crippen molar-refractivity contribution in [3.05, 3.63) is 82.6 Å². The number of carboxylic acid groups (broad SMARTS) is 1. The van der Waals surface area contributed by atoms with Crippen LogP contribution in [0, 0.1) is 11.3 Å². The Kier molecular flexibility index (Phi) is 11.3. The van der Waals surface area contributed by atoms with Crippen molar-refractivity contribution in [3.63, 3.8) is 0 Å². The maximum absolute atomic E-state index is 15.2. The van der Waals surface area contributed by atoms with Crippen molar-refractivity contribution in [2.75, 3.05) is 59.5 Å². The lowest BCUT2D eigenvalue weighted by Crippen LogP contribution is -2.81. The molecular formula is C48H60N4O11. The highest BCUT2D eigenvalue weighted by Gasteiger charge is 2.80. The number of carbonyl (C=O) groups is 4. The molecule has 1 spiro atoms. The average molecular weight is 869 g/mol. The van der Waals surface area contributed by atoms with Crippen LogP contribution in [0.25, 0.3) is 10.9 Å². The van der Waals surface area contributed by atoms with Gasteiger partial charge in [-0.15, -0.1) is 0 Å². The largest absolute Gasteiger partial charge is 0.496 e. The van der Waals surface area contributed by atoms with Crippen LogP contribution in [0.5, 0.6) is 5.75 Å². The number of anilines is 1. The monoisotopic (exact) mass is 868 g/mol. The van der Waals surface area contributed by atoms with Crippen molar-refractivity contribution in [1.82, 2.24) is 14.8 Å². The summed E-state index contributed by atoms with van der Waals surface area (Å²) in [6.45, 7) is 10.4. The van der Waals surface area contributed by atoms with E-state index in [9.17, 15) is 19.5 Å². The Labute approximate surface area is 367 Å². The molecule has 0 radical (unpaired) electrons. The van der Waals surface area contributed by atoms with Gasteiger partial charge in [0.25, 0.3) is 0 Å². The molecule has 15 heteroatoms. The van der Waals surface area contributed by atoms with Gasteiger partial charge in [0.15, 0.2) is 6.10 Å². The lowest BCUT2D eigenvalue weighted by molar-refractivity contribution is -0.228. The minimum absolute atomic E-state index is 0.0284. The molecule has 1 saturated heterocycles. The second-order valence-electron chi connectivity index (χ2n) is 18.2. The number of nitrogens with zero attached hydrogens (tertiary/aromatic N) is 3. The molecule has 3 aromatic rings. The fourth-order valence-electron chi connectivity index (χ4n) is 12.8. The molecule has 4 N–H and O–H groups in total. The van der Waals surface area contributed by atoms with Gasteiger partial charge in [-0.1, -0.05) is 55.8 Å². The average Bonchev–Trinajstić information content (AvgIpc) is 3.92. The number of fused-ring (bicyclic) bond motifs is 6. The lowest BCUT2D eigenvalue weighted by atomic mass is 9.47. The molecule has 15 nitrogen and oxygen atoms in total. The first-order valence-corrected chi connectivity index (χ1v) is 21.9. The number of aromatic nitrogens is 1. The van der Waals surface area contributed by atoms with Crippen molar-refractivity contribution in [2.45, 2.75) is 101 Å². The molecule has 6 aliphatic rings. The van der Waals surface area contributed by atoms with Crippen LogP contribution in [0.2, 0.25) is 0 Å². The van der Waals surface area contributed by atoms with Gasteiger partial charge < -0.3 is 44.2 Å². The first-order valence-electron chi connectivity index (χ1n) is 21.9. The number of likely N-dealkylation sites (N-methyl/N-ethyl adjacent to an activating group) is 1. The number of aromatic amines is 1. The first-order chi connectivity index (χ1) is 30.0. The number of esters is 3. The van der Waals surface area contributed by atoms with Gasteiger partial charge in [0.2, 0.25) is 5.60 Å². The van der Waals surface area contributed by atoms with E-state index in [1.807, 2.05) is 37.1 Å². The number of carbonyl (C=O) groups excluding carboxylic acids is 3. The Bertz CT molecular complexity index is 2410. The third-order valence-corrected chi connectivity index (χ3v) is 15.1. The molecule has 2 fully saturated rings. The highest BCUT2D eigenvalue weighted by Crippen LogP contribution is 2.68. The number of aliphatic hydroxyl groups excluding tert-OH is 1. The minimum Gasteiger partial charge on any atom is -0.496 e. The van der Waals surface area contributed by atoms with E-state index in [0.717, 1.165) is 52.9 Å². The summed E-state index contributed by atoms with van der Waals surface area (Å²) in [5.74, 6) is -2.50. The maximum atomic E-state index is 15.2. The molecule has 63 heavy (non-hydrogen) atoms. The molecule has 2 bridgehead atoms. The fraction of sp³-hybridized carbons (Fsp3) is 0.542. The van der Waals surface area contributed by atoms with Gasteiger partial charge in [0.1, 0.15) is 17.3 Å². The summed E-state index contributed by atoms with van der Waals surface area (Å²) in [6.07, 6.45) is 6.44. The van der Waals surface area contributed by atoms with E-state index in [0.29, 0.717) is 50.2 Å². The Balaban J connectivity index is 0.000000849. The predicted octanol–water partition coefficient (Wildman–Crippen LogP) is 4.21. The second-order valence-corrected chi connectivity index (χ2v) is 18.2. The minimum atomic E-state index is -2.27. The number of hydrogen-bond acceptors (Lipinski definition) is 13. The van der Waals surface area contributed by atoms with Gasteiger partial charge in [-0.2, -0.15) is 0 Å². The number of aliphatic hydroxyl groups is 2. The Morgan fingerprint density at radius 1 is 1.00 bits per heavy atom. The SMILES string of the molecule is CC(O)C(=O)O.CCC1=CC2CN(C1)Cc1c([nH]c3ccccc13)[C@@](C(=O)OC)(c1cc3c(cc1OC)N(C)[C@H]1[C@@](O)(C(=O)OC)[C@H](OC(C)=O)[C@]4(CC)C=CCN5CC[C@]31[C@@H]54)C2. The van der Waals surface area contributed by atoms with Gasteiger partial charge in [-0.05, 0) is 68.3 Å². The standard InChI is InChI=1S/C45H54N4O8.C3H6O3/c1-8-27-19-28-22-44(40(51)55-6,36-30(25-48(23-27)24-28)29-13-10-11-14-33(29)46-36)32-20-31-34(21-35(32)54-5)47(4)38-43(31)16-18-49-17-12-15-42(9-2,37(43)49)39(57-26(3)50)45(38,53)41(52)56-7;1-2(4)3(5)6/h10-15,19-21,28,37-39,46,53H,8-9,16-18,22-25H2,1-7H3;2,4H,1H3,(H,5,6)/t28?,37-,38+,39+,42+,43+,44-,45-;/m0./s1. The summed E-state index contributed by atoms with van der Waals surface area (Å²) in [6, 6.07) is 11.2. The summed E-state index contributed by atoms with van der Waals surface area (Å²) in [5, 5.41) is 30.1. The first kappa shape index (κ1) is 44.4. The molecule has 1 saturated carbocycles. The van der Waals surface area contributed by atoms with E-state index >= 15 is 4.79 Å². The highest BCUT2D eigenvalue weighted by molar-refractivity contribution is 5.95. The van der Waals surface area contributed by atoms with Crippen LogP contribution in [-0.4, -0.2) is 138 Å². The molecular weight excluding hydrogens is 809 g/mol. The number of methoxy groups -OCH3 is 3. The quantitative estimate of drug-likeness (QED) is 0.143. The molecule has 0 amide bonds. The van der Waals surface area contributed by atoms with Crippen LogP contribution in [0.1, 0.15) is 75.8 Å². The number of ether oxygens (including phenoxy) is 4. The zero-order valence-corrected chi connectivity index (χ0v) is 37.4. The van der Waals surface area contributed by atoms with Gasteiger partial charge in [0.05, 0.1) is 27.4 Å². The Morgan fingerprint density at radius 2 is 1.71 bits per heavy atom. The smallest absolute Gasteiger partial charge is 0.344 e. The molecule has 1 aliphatic carbocycles. The normalized spacial score (nSPS) is 32.9. The van der Waals surface area contributed by atoms with Crippen LogP contribution in [0.15, 0.2) is 60.2 Å². The van der Waals surface area contributed by atoms with E-state index in [4.69, 9.17) is 29.2 Å². The van der Waals surface area contributed by atoms with Gasteiger partial charge >= 0.3 is 23.9 Å². The van der Waals surface area contributed by atoms with E-state index in [1.165, 1.54) is 33.6 Å². The number of benzene rings is 2. The molecule has 5 aliphatic heterocycles. The summed E-state index contributed by atoms with van der Waals surface area (Å²) in [7, 11) is 6.22. The van der Waals surface area contributed by atoms with E-state index in [-0.39, 0.29) is 17.9 Å². The summed E-state index contributed by atoms with van der Waals surface area (Å²) in [5.41, 5.74) is 1.05. The van der Waals surface area contributed by atoms with Crippen LogP contribution in [-0.2, 0) is 50.8 Å². The molecule has 338 valence electrons. The van der Waals surface area contributed by atoms with Gasteiger partial charge in [-0.3, -0.25) is 19.4 Å². The van der Waals surface area contributed by atoms with E-state index in [1.54, 1.807) is 7.11 Å². The molecule has 1 aromatic heterocycles. The van der Waals surface area contributed by atoms with Crippen molar-refractivity contribution in [2.24, 2.45) is 11.3 Å². The number of para-hydroxylation sites is 1. The Morgan fingerprint density at radius 3 is 2.35 bits per heavy atom. The van der Waals surface area contributed by atoms with Crippen LogP contribution in [0.3, 0.4) is 0 Å². The number of carboxylic acids is 1. The van der Waals surface area contributed by atoms with Gasteiger partial charge in [-0.25, -0.2) is 9.59 Å². The van der Waals surface area contributed by atoms with Crippen LogP contribution < -0.4 is 9.64 Å². The third-order valence-electron chi connectivity index (χ3n) is 15.1. The molecule has 3 unspecified atom stereocenters. The Hall–Kier alpha value is -5.22. The van der Waals surface area contributed by atoms with E-state index < -0.39 is 58.0 Å². The number of rotatable bonds is 8. The van der Waals surface area contributed by atoms with Crippen molar-refractivity contribution >= 4 is 40.5 Å². The fourth-order valence-corrected chi connectivity index (χ4v) is 12.8. The summed E-state index contributed by atoms with van der Waals surface area (Å²) < 4.78 is 23.9. The molecule has 9 rings (SSSR count). The third kappa shape index (κ3) is 6.28. The number of H-pyrrole nitrogens is 1. The molecule has 2 aromatic carbocycles. The van der Waals surface area contributed by atoms with Gasteiger partial charge in [0, 0.05) is 90.9 Å². The number of nitrogens with one attached hydrogen (secondary N) is 1. The van der Waals surface area contributed by atoms with Crippen LogP contribution >= 0.6 is 0 Å². The van der Waals surface area contributed by atoms with Crippen LogP contribution in [0.4, 0.5) is 5.69 Å². The number of aliphatic carboxylic acids is 1. The van der Waals surface area contributed by atoms with Crippen molar-refractivity contribution in [1.29, 1.82) is 0 Å².